The Morgan fingerprint density at radius 2 is 2.17 bits per heavy atom. The molecule has 2 aromatic heterocycles. The average Bonchev–Trinajstić information content (AvgIpc) is 3.51. The molecule has 1 aromatic carbocycles. The number of methoxy groups -OCH3 is 1. The van der Waals surface area contributed by atoms with Crippen LogP contribution in [-0.4, -0.2) is 48.3 Å². The molecule has 8 nitrogen and oxygen atoms in total. The van der Waals surface area contributed by atoms with Crippen LogP contribution < -0.4 is 20.1 Å². The van der Waals surface area contributed by atoms with Gasteiger partial charge in [0, 0.05) is 34.8 Å². The van der Waals surface area contributed by atoms with E-state index in [0.29, 0.717) is 40.1 Å². The predicted molar refractivity (Wildman–Crippen MR) is 133 cm³/mol. The van der Waals surface area contributed by atoms with E-state index in [1.165, 1.54) is 0 Å². The number of pyridine rings is 1. The molecular weight excluding hydrogens is 468 g/mol. The number of halogens is 1. The van der Waals surface area contributed by atoms with Crippen LogP contribution in [0.3, 0.4) is 0 Å². The zero-order valence-corrected chi connectivity index (χ0v) is 20.5. The molecule has 0 radical (unpaired) electrons. The number of rotatable bonds is 7. The molecule has 2 fully saturated rings. The Kier molecular flexibility index (Phi) is 5.19. The predicted octanol–water partition coefficient (Wildman–Crippen LogP) is 4.89. The van der Waals surface area contributed by atoms with Gasteiger partial charge in [0.15, 0.2) is 5.75 Å². The summed E-state index contributed by atoms with van der Waals surface area (Å²) in [4.78, 5) is 21.0. The Hall–Kier alpha value is -3.23. The molecule has 3 N–H and O–H groups in total. The highest BCUT2D eigenvalue weighted by atomic mass is 35.5. The van der Waals surface area contributed by atoms with Crippen LogP contribution in [0.2, 0.25) is 5.02 Å². The van der Waals surface area contributed by atoms with Gasteiger partial charge in [-0.3, -0.25) is 9.78 Å². The van der Waals surface area contributed by atoms with Crippen molar-refractivity contribution in [3.8, 4) is 22.8 Å². The van der Waals surface area contributed by atoms with Gasteiger partial charge in [0.2, 0.25) is 0 Å². The van der Waals surface area contributed by atoms with Gasteiger partial charge in [-0.2, -0.15) is 0 Å². The van der Waals surface area contributed by atoms with E-state index in [0.717, 1.165) is 30.0 Å². The van der Waals surface area contributed by atoms with Crippen LogP contribution in [0.5, 0.6) is 11.5 Å². The second-order valence-corrected chi connectivity index (χ2v) is 10.4. The van der Waals surface area contributed by atoms with Gasteiger partial charge in [-0.25, -0.2) is 0 Å². The Bertz CT molecular complexity index is 1320. The number of carbonyl (C=O) groups is 1. The summed E-state index contributed by atoms with van der Waals surface area (Å²) in [6, 6.07) is 7.54. The number of ether oxygens (including phenoxy) is 3. The molecule has 1 aliphatic carbocycles. The Morgan fingerprint density at radius 1 is 1.31 bits per heavy atom. The number of anilines is 2. The number of para-hydroxylation sites is 1. The number of benzene rings is 1. The molecule has 0 bridgehead atoms. The number of hydrogen-bond acceptors (Lipinski definition) is 6. The van der Waals surface area contributed by atoms with Crippen molar-refractivity contribution in [2.24, 2.45) is 5.41 Å². The van der Waals surface area contributed by atoms with Crippen molar-refractivity contribution in [2.75, 3.05) is 25.6 Å². The van der Waals surface area contributed by atoms with Gasteiger partial charge in [0.1, 0.15) is 12.4 Å². The molecule has 9 heteroatoms. The summed E-state index contributed by atoms with van der Waals surface area (Å²) < 4.78 is 17.5. The smallest absolute Gasteiger partial charge is 0.255 e. The van der Waals surface area contributed by atoms with Gasteiger partial charge in [0.05, 0.1) is 53.7 Å². The van der Waals surface area contributed by atoms with E-state index in [2.05, 4.69) is 34.4 Å². The van der Waals surface area contributed by atoms with Crippen molar-refractivity contribution in [1.82, 2.24) is 15.3 Å². The van der Waals surface area contributed by atoms with Gasteiger partial charge in [-0.15, -0.1) is 0 Å². The first kappa shape index (κ1) is 22.2. The molecule has 3 aliphatic rings. The molecule has 1 saturated carbocycles. The molecule has 0 spiro atoms. The van der Waals surface area contributed by atoms with E-state index < -0.39 is 0 Å². The average molecular weight is 495 g/mol. The summed E-state index contributed by atoms with van der Waals surface area (Å²) in [5, 5.41) is 7.02. The summed E-state index contributed by atoms with van der Waals surface area (Å²) in [6.45, 7) is 5.47. The summed E-state index contributed by atoms with van der Waals surface area (Å²) in [6.07, 6.45) is 4.35. The molecule has 0 unspecified atom stereocenters. The number of aromatic nitrogens is 2. The number of amides is 1. The van der Waals surface area contributed by atoms with Gasteiger partial charge < -0.3 is 29.8 Å². The lowest BCUT2D eigenvalue weighted by molar-refractivity contribution is -0.180. The van der Waals surface area contributed by atoms with Crippen LogP contribution in [0.1, 0.15) is 42.2 Å². The van der Waals surface area contributed by atoms with E-state index in [9.17, 15) is 4.79 Å². The first-order valence-corrected chi connectivity index (χ1v) is 12.1. The van der Waals surface area contributed by atoms with Crippen LogP contribution in [0, 0.1) is 5.41 Å². The highest BCUT2D eigenvalue weighted by molar-refractivity contribution is 6.32. The van der Waals surface area contributed by atoms with Crippen molar-refractivity contribution in [2.45, 2.75) is 38.3 Å². The minimum absolute atomic E-state index is 0.0127. The molecule has 2 aliphatic heterocycles. The summed E-state index contributed by atoms with van der Waals surface area (Å²) in [5.41, 5.74) is 4.49. The first-order valence-electron chi connectivity index (χ1n) is 11.7. The molecule has 3 aromatic rings. The molecule has 1 amide bonds. The Morgan fingerprint density at radius 3 is 2.91 bits per heavy atom. The van der Waals surface area contributed by atoms with Crippen LogP contribution >= 0.6 is 11.6 Å². The largest absolute Gasteiger partial charge is 0.493 e. The Labute approximate surface area is 208 Å². The SMILES string of the molecule is COc1c(Cl)cccc1Nc1c(-c2ccncc2OC[C@@H]2OCC2(C)C)[nH]c2c1C(=O)N[C@H]1C[C@@H]21. The van der Waals surface area contributed by atoms with Crippen molar-refractivity contribution in [3.63, 3.8) is 0 Å². The number of hydrogen-bond donors (Lipinski definition) is 3. The fraction of sp³-hybridized carbons (Fsp3) is 0.385. The lowest BCUT2D eigenvalue weighted by Gasteiger charge is -2.43. The van der Waals surface area contributed by atoms with Crippen molar-refractivity contribution in [3.05, 3.63) is 52.9 Å². The fourth-order valence-corrected chi connectivity index (χ4v) is 5.15. The van der Waals surface area contributed by atoms with E-state index in [-0.39, 0.29) is 29.4 Å². The van der Waals surface area contributed by atoms with Gasteiger partial charge in [-0.05, 0) is 24.6 Å². The highest BCUT2D eigenvalue weighted by Crippen LogP contribution is 2.51. The molecule has 182 valence electrons. The molecule has 1 saturated heterocycles. The maximum Gasteiger partial charge on any atom is 0.255 e. The fourth-order valence-electron chi connectivity index (χ4n) is 4.90. The van der Waals surface area contributed by atoms with E-state index >= 15 is 0 Å². The van der Waals surface area contributed by atoms with Crippen LogP contribution in [0.15, 0.2) is 36.7 Å². The number of nitrogens with zero attached hydrogens (tertiary/aromatic N) is 1. The zero-order valence-electron chi connectivity index (χ0n) is 19.8. The first-order chi connectivity index (χ1) is 16.9. The lowest BCUT2D eigenvalue weighted by atomic mass is 9.83. The van der Waals surface area contributed by atoms with Crippen molar-refractivity contribution in [1.29, 1.82) is 0 Å². The standard InChI is InChI=1S/C26H27ClN4O4/c1-26(2)12-35-19(26)11-34-18-10-28-8-7-13(18)22-23(29-16-6-4-5-15(27)24(16)33-3)20-21(31-22)14-9-17(14)30-25(20)32/h4-8,10,14,17,19,29,31H,9,11-12H2,1-3H3,(H,30,32)/t14-,17+,19+/m1/s1. The van der Waals surface area contributed by atoms with E-state index in [1.807, 2.05) is 18.2 Å². The number of H-pyrrole nitrogens is 1. The Balaban J connectivity index is 1.43. The summed E-state index contributed by atoms with van der Waals surface area (Å²) in [5.74, 6) is 1.29. The maximum atomic E-state index is 13.1. The second kappa shape index (κ2) is 8.17. The van der Waals surface area contributed by atoms with Crippen molar-refractivity contribution >= 4 is 28.9 Å². The second-order valence-electron chi connectivity index (χ2n) is 10.0. The number of aromatic amines is 1. The third-order valence-corrected chi connectivity index (χ3v) is 7.43. The summed E-state index contributed by atoms with van der Waals surface area (Å²) >= 11 is 6.37. The number of carbonyl (C=O) groups excluding carboxylic acids is 1. The molecule has 6 rings (SSSR count). The minimum atomic E-state index is -0.106. The van der Waals surface area contributed by atoms with Crippen molar-refractivity contribution < 1.29 is 19.0 Å². The molecule has 35 heavy (non-hydrogen) atoms. The summed E-state index contributed by atoms with van der Waals surface area (Å²) in [7, 11) is 1.57. The van der Waals surface area contributed by atoms with Gasteiger partial charge >= 0.3 is 0 Å². The van der Waals surface area contributed by atoms with E-state index in [4.69, 9.17) is 25.8 Å². The minimum Gasteiger partial charge on any atom is -0.493 e. The zero-order chi connectivity index (χ0) is 24.3. The highest BCUT2D eigenvalue weighted by Gasteiger charge is 2.48. The molecule has 4 heterocycles. The third kappa shape index (κ3) is 3.72. The molecular formula is C26H27ClN4O4. The van der Waals surface area contributed by atoms with Crippen LogP contribution in [0.25, 0.3) is 11.3 Å². The maximum absolute atomic E-state index is 13.1. The third-order valence-electron chi connectivity index (χ3n) is 7.14. The van der Waals surface area contributed by atoms with Crippen LogP contribution in [0.4, 0.5) is 11.4 Å². The van der Waals surface area contributed by atoms with Gasteiger partial charge in [-0.1, -0.05) is 31.5 Å². The number of nitrogens with one attached hydrogen (secondary N) is 3. The monoisotopic (exact) mass is 494 g/mol. The lowest BCUT2D eigenvalue weighted by Crippen LogP contribution is -2.50. The normalized spacial score (nSPS) is 23.4. The van der Waals surface area contributed by atoms with Crippen LogP contribution in [-0.2, 0) is 4.74 Å². The quantitative estimate of drug-likeness (QED) is 0.433. The number of fused-ring (bicyclic) bond motifs is 3. The molecule has 3 atom stereocenters. The topological polar surface area (TPSA) is 97.5 Å². The van der Waals surface area contributed by atoms with Gasteiger partial charge in [0.25, 0.3) is 5.91 Å². The van der Waals surface area contributed by atoms with E-state index in [1.54, 1.807) is 25.6 Å².